The largest absolute Gasteiger partial charge is 0.379 e. The Bertz CT molecular complexity index is 585. The molecule has 8 nitrogen and oxygen atoms in total. The molecule has 0 spiro atoms. The Morgan fingerprint density at radius 1 is 1.06 bits per heavy atom. The fraction of sp³-hybridized carbons (Fsp3) is 0.880. The normalized spacial score (nSPS) is 16.4. The number of carbonyl (C=O) groups is 2. The zero-order valence-corrected chi connectivity index (χ0v) is 22.6. The molecule has 1 radical (unpaired) electrons. The number of amides is 2. The first-order chi connectivity index (χ1) is 15.5. The molecule has 0 aliphatic carbocycles. The SMILES string of the molecule is CC[C@H](C)[C@@H]([C@@H](C[C]=O)OC)N(C)C(=O)[C@@H](NC(=O)[C@H](C(C)C)N(C)CCCNC)C(C)C. The molecule has 0 aromatic heterocycles. The Kier molecular flexibility index (Phi) is 15.4. The number of carbonyl (C=O) groups excluding carboxylic acids is 3. The van der Waals surface area contributed by atoms with E-state index in [4.69, 9.17) is 4.74 Å². The van der Waals surface area contributed by atoms with E-state index in [-0.39, 0.29) is 48.1 Å². The lowest BCUT2D eigenvalue weighted by Crippen LogP contribution is -2.59. The summed E-state index contributed by atoms with van der Waals surface area (Å²) >= 11 is 0. The van der Waals surface area contributed by atoms with Crippen molar-refractivity contribution in [2.24, 2.45) is 17.8 Å². The first-order valence-electron chi connectivity index (χ1n) is 12.3. The van der Waals surface area contributed by atoms with E-state index in [1.807, 2.05) is 61.9 Å². The van der Waals surface area contributed by atoms with Gasteiger partial charge in [0.25, 0.3) is 0 Å². The molecule has 0 fully saturated rings. The van der Waals surface area contributed by atoms with Crippen LogP contribution < -0.4 is 10.6 Å². The van der Waals surface area contributed by atoms with Gasteiger partial charge in [-0.3, -0.25) is 19.3 Å². The molecule has 2 amide bonds. The topological polar surface area (TPSA) is 91.0 Å². The van der Waals surface area contributed by atoms with Gasteiger partial charge in [-0.1, -0.05) is 48.0 Å². The zero-order valence-electron chi connectivity index (χ0n) is 22.6. The van der Waals surface area contributed by atoms with Gasteiger partial charge in [0, 0.05) is 20.6 Å². The van der Waals surface area contributed by atoms with E-state index in [2.05, 4.69) is 15.5 Å². The Balaban J connectivity index is 5.72. The summed E-state index contributed by atoms with van der Waals surface area (Å²) in [6, 6.07) is -1.29. The molecular weight excluding hydrogens is 420 g/mol. The minimum Gasteiger partial charge on any atom is -0.379 e. The number of rotatable bonds is 17. The Labute approximate surface area is 202 Å². The molecular formula is C25H49N4O4. The number of hydrogen-bond donors (Lipinski definition) is 2. The fourth-order valence-corrected chi connectivity index (χ4v) is 4.44. The molecule has 33 heavy (non-hydrogen) atoms. The number of nitrogens with zero attached hydrogens (tertiary/aromatic N) is 2. The van der Waals surface area contributed by atoms with Gasteiger partial charge < -0.3 is 20.3 Å². The summed E-state index contributed by atoms with van der Waals surface area (Å²) in [7, 11) is 7.15. The molecule has 0 heterocycles. The van der Waals surface area contributed by atoms with Crippen LogP contribution in [0.2, 0.25) is 0 Å². The van der Waals surface area contributed by atoms with Gasteiger partial charge in [-0.2, -0.15) is 0 Å². The van der Waals surface area contributed by atoms with Gasteiger partial charge in [0.15, 0.2) is 0 Å². The zero-order chi connectivity index (χ0) is 25.7. The van der Waals surface area contributed by atoms with Crippen molar-refractivity contribution < 1.29 is 19.1 Å². The van der Waals surface area contributed by atoms with E-state index in [0.29, 0.717) is 0 Å². The van der Waals surface area contributed by atoms with Crippen molar-refractivity contribution in [3.63, 3.8) is 0 Å². The van der Waals surface area contributed by atoms with Gasteiger partial charge in [-0.25, -0.2) is 0 Å². The van der Waals surface area contributed by atoms with Crippen LogP contribution in [0.4, 0.5) is 0 Å². The van der Waals surface area contributed by atoms with E-state index >= 15 is 0 Å². The molecule has 0 saturated heterocycles. The van der Waals surface area contributed by atoms with Crippen LogP contribution >= 0.6 is 0 Å². The second-order valence-corrected chi connectivity index (χ2v) is 9.80. The van der Waals surface area contributed by atoms with E-state index in [1.165, 1.54) is 0 Å². The number of hydrogen-bond acceptors (Lipinski definition) is 6. The Morgan fingerprint density at radius 3 is 2.09 bits per heavy atom. The van der Waals surface area contributed by atoms with Crippen molar-refractivity contribution in [3.8, 4) is 0 Å². The second kappa shape index (κ2) is 16.2. The minimum atomic E-state index is -0.668. The van der Waals surface area contributed by atoms with Gasteiger partial charge in [-0.15, -0.1) is 0 Å². The molecule has 8 heteroatoms. The van der Waals surface area contributed by atoms with Gasteiger partial charge in [-0.05, 0) is 51.4 Å². The minimum absolute atomic E-state index is 0.0919. The van der Waals surface area contributed by atoms with Crippen LogP contribution in [0.25, 0.3) is 0 Å². The van der Waals surface area contributed by atoms with Gasteiger partial charge >= 0.3 is 0 Å². The molecule has 0 aliphatic rings. The molecule has 0 saturated carbocycles. The van der Waals surface area contributed by atoms with Crippen LogP contribution in [0.3, 0.4) is 0 Å². The lowest BCUT2D eigenvalue weighted by Gasteiger charge is -2.40. The standard InChI is InChI=1S/C25H49N4O4/c1-11-19(6)23(20(33-10)13-16-30)29(9)25(32)21(17(2)3)27-24(31)22(18(4)5)28(8)15-12-14-26-7/h17-23,26H,11-15H2,1-10H3,(H,27,31)/t19-,20+,21-,22-,23-/m0/s1. The average molecular weight is 470 g/mol. The molecule has 193 valence electrons. The number of methoxy groups -OCH3 is 1. The van der Waals surface area contributed by atoms with E-state index in [0.717, 1.165) is 25.9 Å². The van der Waals surface area contributed by atoms with Crippen molar-refractivity contribution in [2.45, 2.75) is 85.0 Å². The van der Waals surface area contributed by atoms with Crippen LogP contribution in [0.5, 0.6) is 0 Å². The number of likely N-dealkylation sites (N-methyl/N-ethyl adjacent to an activating group) is 2. The average Bonchev–Trinajstić information content (AvgIpc) is 2.75. The van der Waals surface area contributed by atoms with Gasteiger partial charge in [0.05, 0.1) is 18.2 Å². The first-order valence-corrected chi connectivity index (χ1v) is 12.3. The summed E-state index contributed by atoms with van der Waals surface area (Å²) in [6.45, 7) is 13.7. The fourth-order valence-electron chi connectivity index (χ4n) is 4.44. The van der Waals surface area contributed by atoms with Crippen molar-refractivity contribution in [1.29, 1.82) is 0 Å². The van der Waals surface area contributed by atoms with Crippen molar-refractivity contribution in [1.82, 2.24) is 20.4 Å². The monoisotopic (exact) mass is 469 g/mol. The lowest BCUT2D eigenvalue weighted by atomic mass is 9.90. The van der Waals surface area contributed by atoms with Crippen LogP contribution in [0, 0.1) is 17.8 Å². The first kappa shape index (κ1) is 31.5. The van der Waals surface area contributed by atoms with Crippen molar-refractivity contribution in [3.05, 3.63) is 0 Å². The summed E-state index contributed by atoms with van der Waals surface area (Å²) in [5.74, 6) is -0.192. The molecule has 0 bridgehead atoms. The molecule has 5 atom stereocenters. The molecule has 0 aromatic carbocycles. The van der Waals surface area contributed by atoms with E-state index < -0.39 is 12.1 Å². The predicted octanol–water partition coefficient (Wildman–Crippen LogP) is 2.08. The molecule has 0 unspecified atom stereocenters. The summed E-state index contributed by atoms with van der Waals surface area (Å²) in [5.41, 5.74) is 0. The summed E-state index contributed by atoms with van der Waals surface area (Å²) in [5, 5.41) is 6.18. The predicted molar refractivity (Wildman–Crippen MR) is 134 cm³/mol. The molecule has 0 aromatic rings. The van der Waals surface area contributed by atoms with E-state index in [9.17, 15) is 14.4 Å². The third kappa shape index (κ3) is 9.71. The third-order valence-electron chi connectivity index (χ3n) is 6.53. The Hall–Kier alpha value is -1.51. The van der Waals surface area contributed by atoms with E-state index in [1.54, 1.807) is 19.1 Å². The summed E-state index contributed by atoms with van der Waals surface area (Å²) in [6.07, 6.45) is 3.33. The Morgan fingerprint density at radius 2 is 1.67 bits per heavy atom. The molecule has 2 N–H and O–H groups in total. The maximum absolute atomic E-state index is 13.6. The highest BCUT2D eigenvalue weighted by Crippen LogP contribution is 2.23. The highest BCUT2D eigenvalue weighted by Gasteiger charge is 2.38. The lowest BCUT2D eigenvalue weighted by molar-refractivity contribution is -0.143. The van der Waals surface area contributed by atoms with Crippen molar-refractivity contribution in [2.75, 3.05) is 41.3 Å². The number of ether oxygens (including phenoxy) is 1. The second-order valence-electron chi connectivity index (χ2n) is 9.80. The quantitative estimate of drug-likeness (QED) is 0.317. The van der Waals surface area contributed by atoms with Crippen molar-refractivity contribution >= 4 is 18.1 Å². The maximum Gasteiger partial charge on any atom is 0.245 e. The summed E-state index contributed by atoms with van der Waals surface area (Å²) < 4.78 is 5.56. The van der Waals surface area contributed by atoms with Crippen LogP contribution in [-0.4, -0.2) is 93.5 Å². The van der Waals surface area contributed by atoms with Crippen LogP contribution in [0.15, 0.2) is 0 Å². The van der Waals surface area contributed by atoms with Gasteiger partial charge in [0.2, 0.25) is 18.1 Å². The van der Waals surface area contributed by atoms with Crippen LogP contribution in [-0.2, 0) is 19.1 Å². The smallest absolute Gasteiger partial charge is 0.245 e. The van der Waals surface area contributed by atoms with Gasteiger partial charge in [0.1, 0.15) is 6.04 Å². The highest BCUT2D eigenvalue weighted by molar-refractivity contribution is 5.90. The maximum atomic E-state index is 13.6. The number of nitrogens with one attached hydrogen (secondary N) is 2. The highest BCUT2D eigenvalue weighted by atomic mass is 16.5. The van der Waals surface area contributed by atoms with Crippen LogP contribution in [0.1, 0.15) is 60.8 Å². The third-order valence-corrected chi connectivity index (χ3v) is 6.53. The molecule has 0 aliphatic heterocycles. The summed E-state index contributed by atoms with van der Waals surface area (Å²) in [4.78, 5) is 41.8. The molecule has 0 rings (SSSR count).